The summed E-state index contributed by atoms with van der Waals surface area (Å²) in [5, 5.41) is 6.01. The second-order valence-corrected chi connectivity index (χ2v) is 6.09. The van der Waals surface area contributed by atoms with E-state index in [1.165, 1.54) is 11.3 Å². The molecular weight excluding hydrogens is 258 g/mol. The summed E-state index contributed by atoms with van der Waals surface area (Å²) in [4.78, 5) is 28.3. The summed E-state index contributed by atoms with van der Waals surface area (Å²) < 4.78 is 0. The van der Waals surface area contributed by atoms with E-state index in [-0.39, 0.29) is 11.8 Å². The maximum atomic E-state index is 11.9. The summed E-state index contributed by atoms with van der Waals surface area (Å²) >= 11 is 3.03. The molecule has 0 spiro atoms. The summed E-state index contributed by atoms with van der Waals surface area (Å²) in [7, 11) is 0. The smallest absolute Gasteiger partial charge is 0.249 e. The van der Waals surface area contributed by atoms with Crippen LogP contribution in [0.4, 0.5) is 5.13 Å². The lowest BCUT2D eigenvalue weighted by Crippen LogP contribution is -2.44. The summed E-state index contributed by atoms with van der Waals surface area (Å²) in [6, 6.07) is -0.459. The third kappa shape index (κ3) is 3.44. The minimum absolute atomic E-state index is 0.0644. The van der Waals surface area contributed by atoms with Gasteiger partial charge >= 0.3 is 0 Å². The van der Waals surface area contributed by atoms with Crippen LogP contribution in [-0.4, -0.2) is 34.3 Å². The number of amides is 2. The van der Waals surface area contributed by atoms with E-state index in [9.17, 15) is 9.59 Å². The number of anilines is 1. The van der Waals surface area contributed by atoms with E-state index >= 15 is 0 Å². The van der Waals surface area contributed by atoms with Gasteiger partial charge in [0.2, 0.25) is 11.8 Å². The lowest BCUT2D eigenvalue weighted by molar-refractivity contribution is -0.125. The molecule has 7 heteroatoms. The van der Waals surface area contributed by atoms with Crippen molar-refractivity contribution >= 4 is 40.0 Å². The zero-order chi connectivity index (χ0) is 12.3. The van der Waals surface area contributed by atoms with E-state index in [2.05, 4.69) is 15.6 Å². The fraction of sp³-hybridized carbons (Fsp3) is 0.500. The molecule has 2 amide bonds. The van der Waals surface area contributed by atoms with E-state index < -0.39 is 6.04 Å². The van der Waals surface area contributed by atoms with Crippen LogP contribution in [0.2, 0.25) is 0 Å². The van der Waals surface area contributed by atoms with Gasteiger partial charge < -0.3 is 10.6 Å². The predicted octanol–water partition coefficient (Wildman–Crippen LogP) is 1.01. The first-order valence-electron chi connectivity index (χ1n) is 5.25. The van der Waals surface area contributed by atoms with Crippen LogP contribution in [-0.2, 0) is 9.59 Å². The van der Waals surface area contributed by atoms with E-state index in [0.29, 0.717) is 17.3 Å². The van der Waals surface area contributed by atoms with Gasteiger partial charge in [0.05, 0.1) is 0 Å². The van der Waals surface area contributed by atoms with Crippen LogP contribution >= 0.6 is 23.1 Å². The van der Waals surface area contributed by atoms with Crippen molar-refractivity contribution in [2.75, 3.05) is 16.8 Å². The zero-order valence-electron chi connectivity index (χ0n) is 9.36. The van der Waals surface area contributed by atoms with Gasteiger partial charge in [-0.2, -0.15) is 11.8 Å². The Balaban J connectivity index is 1.96. The van der Waals surface area contributed by atoms with Crippen LogP contribution in [0.15, 0.2) is 6.20 Å². The molecule has 0 aromatic carbocycles. The monoisotopic (exact) mass is 271 g/mol. The Morgan fingerprint density at radius 3 is 3.18 bits per heavy atom. The van der Waals surface area contributed by atoms with Crippen LogP contribution in [0.5, 0.6) is 0 Å². The summed E-state index contributed by atoms with van der Waals surface area (Å²) in [5.74, 6) is 1.13. The largest absolute Gasteiger partial charge is 0.343 e. The SMILES string of the molecule is Cc1cnc(NC(=O)[C@H]2CSCCC(=O)N2)s1. The highest BCUT2D eigenvalue weighted by Crippen LogP contribution is 2.17. The minimum Gasteiger partial charge on any atom is -0.343 e. The second kappa shape index (κ2) is 5.50. The maximum Gasteiger partial charge on any atom is 0.249 e. The number of aryl methyl sites for hydroxylation is 1. The number of carbonyl (C=O) groups is 2. The lowest BCUT2D eigenvalue weighted by atomic mass is 10.3. The van der Waals surface area contributed by atoms with E-state index in [4.69, 9.17) is 0 Å². The second-order valence-electron chi connectivity index (χ2n) is 3.71. The zero-order valence-corrected chi connectivity index (χ0v) is 11.0. The van der Waals surface area contributed by atoms with Crippen molar-refractivity contribution in [2.45, 2.75) is 19.4 Å². The molecule has 2 heterocycles. The third-order valence-electron chi connectivity index (χ3n) is 2.26. The molecule has 1 aliphatic heterocycles. The first kappa shape index (κ1) is 12.4. The van der Waals surface area contributed by atoms with Gasteiger partial charge in [0.15, 0.2) is 5.13 Å². The molecule has 2 N–H and O–H groups in total. The number of hydrogen-bond acceptors (Lipinski definition) is 5. The number of hydrogen-bond donors (Lipinski definition) is 2. The Morgan fingerprint density at radius 2 is 2.47 bits per heavy atom. The number of thiazole rings is 1. The highest BCUT2D eigenvalue weighted by molar-refractivity contribution is 7.99. The van der Waals surface area contributed by atoms with Gasteiger partial charge in [-0.05, 0) is 6.92 Å². The molecule has 0 bridgehead atoms. The molecule has 0 unspecified atom stereocenters. The maximum absolute atomic E-state index is 11.9. The van der Waals surface area contributed by atoms with Crippen molar-refractivity contribution in [1.29, 1.82) is 0 Å². The van der Waals surface area contributed by atoms with Crippen LogP contribution in [0.25, 0.3) is 0 Å². The standard InChI is InChI=1S/C10H13N3O2S2/c1-6-4-11-10(17-6)13-9(15)7-5-16-3-2-8(14)12-7/h4,7H,2-3,5H2,1H3,(H,12,14)(H,11,13,15)/t7-/m1/s1. The fourth-order valence-corrected chi connectivity index (χ4v) is 3.05. The molecule has 1 atom stereocenters. The quantitative estimate of drug-likeness (QED) is 0.842. The molecule has 1 aromatic rings. The van der Waals surface area contributed by atoms with Gasteiger partial charge in [0.1, 0.15) is 6.04 Å². The highest BCUT2D eigenvalue weighted by Gasteiger charge is 2.23. The van der Waals surface area contributed by atoms with Crippen molar-refractivity contribution in [3.05, 3.63) is 11.1 Å². The number of nitrogens with zero attached hydrogens (tertiary/aromatic N) is 1. The van der Waals surface area contributed by atoms with Gasteiger partial charge in [-0.25, -0.2) is 4.98 Å². The number of rotatable bonds is 2. The average molecular weight is 271 g/mol. The minimum atomic E-state index is -0.459. The summed E-state index contributed by atoms with van der Waals surface area (Å²) in [6.45, 7) is 1.93. The van der Waals surface area contributed by atoms with Crippen LogP contribution in [0.1, 0.15) is 11.3 Å². The highest BCUT2D eigenvalue weighted by atomic mass is 32.2. The van der Waals surface area contributed by atoms with Crippen molar-refractivity contribution in [1.82, 2.24) is 10.3 Å². The van der Waals surface area contributed by atoms with Gasteiger partial charge in [-0.3, -0.25) is 9.59 Å². The Labute approximate surface area is 107 Å². The normalized spacial score (nSPS) is 20.5. The van der Waals surface area contributed by atoms with Crippen molar-refractivity contribution < 1.29 is 9.59 Å². The Hall–Kier alpha value is -1.08. The van der Waals surface area contributed by atoms with Crippen LogP contribution in [0, 0.1) is 6.92 Å². The van der Waals surface area contributed by atoms with Crippen LogP contribution in [0.3, 0.4) is 0 Å². The molecule has 0 aliphatic carbocycles. The molecule has 2 rings (SSSR count). The first-order valence-corrected chi connectivity index (χ1v) is 7.22. The molecule has 0 radical (unpaired) electrons. The lowest BCUT2D eigenvalue weighted by Gasteiger charge is -2.13. The van der Waals surface area contributed by atoms with Crippen LogP contribution < -0.4 is 10.6 Å². The molecule has 5 nitrogen and oxygen atoms in total. The van der Waals surface area contributed by atoms with E-state index in [1.54, 1.807) is 18.0 Å². The first-order chi connectivity index (χ1) is 8.15. The molecule has 17 heavy (non-hydrogen) atoms. The topological polar surface area (TPSA) is 71.1 Å². The van der Waals surface area contributed by atoms with E-state index in [0.717, 1.165) is 10.6 Å². The van der Waals surface area contributed by atoms with E-state index in [1.807, 2.05) is 6.92 Å². The average Bonchev–Trinajstić information content (AvgIpc) is 2.56. The molecule has 1 aromatic heterocycles. The Bertz CT molecular complexity index is 433. The molecule has 0 saturated carbocycles. The fourth-order valence-electron chi connectivity index (χ4n) is 1.42. The molecule has 92 valence electrons. The van der Waals surface area contributed by atoms with Crippen molar-refractivity contribution in [3.8, 4) is 0 Å². The molecule has 1 aliphatic rings. The molecule has 1 saturated heterocycles. The number of aromatic nitrogens is 1. The molecular formula is C10H13N3O2S2. The summed E-state index contributed by atoms with van der Waals surface area (Å²) in [6.07, 6.45) is 2.19. The molecule has 1 fully saturated rings. The number of nitrogens with one attached hydrogen (secondary N) is 2. The number of carbonyl (C=O) groups excluding carboxylic acids is 2. The third-order valence-corrected chi connectivity index (χ3v) is 4.15. The predicted molar refractivity (Wildman–Crippen MR) is 69.4 cm³/mol. The van der Waals surface area contributed by atoms with Crippen molar-refractivity contribution in [3.63, 3.8) is 0 Å². The number of thioether (sulfide) groups is 1. The van der Waals surface area contributed by atoms with Gasteiger partial charge in [0, 0.05) is 29.0 Å². The van der Waals surface area contributed by atoms with Crippen molar-refractivity contribution in [2.24, 2.45) is 0 Å². The van der Waals surface area contributed by atoms with Gasteiger partial charge in [-0.15, -0.1) is 11.3 Å². The Morgan fingerprint density at radius 1 is 1.65 bits per heavy atom. The summed E-state index contributed by atoms with van der Waals surface area (Å²) in [5.41, 5.74) is 0. The van der Waals surface area contributed by atoms with Gasteiger partial charge in [0.25, 0.3) is 0 Å². The Kier molecular flexibility index (Phi) is 4.01. The van der Waals surface area contributed by atoms with Gasteiger partial charge in [-0.1, -0.05) is 0 Å².